The Balaban J connectivity index is 1.51. The van der Waals surface area contributed by atoms with Gasteiger partial charge in [0.2, 0.25) is 0 Å². The van der Waals surface area contributed by atoms with Gasteiger partial charge in [0.25, 0.3) is 0 Å². The third-order valence-corrected chi connectivity index (χ3v) is 13.9. The van der Waals surface area contributed by atoms with E-state index in [0.29, 0.717) is 38.6 Å². The summed E-state index contributed by atoms with van der Waals surface area (Å²) in [6, 6.07) is 0. The summed E-state index contributed by atoms with van der Waals surface area (Å²) in [6.07, 6.45) is 16.3. The van der Waals surface area contributed by atoms with Crippen molar-refractivity contribution in [3.63, 3.8) is 0 Å². The fourth-order valence-electron chi connectivity index (χ4n) is 11.7. The van der Waals surface area contributed by atoms with Gasteiger partial charge in [0, 0.05) is 7.11 Å². The maximum Gasteiger partial charge on any atom is 0.0625 e. The minimum absolute atomic E-state index is 0.305. The highest BCUT2D eigenvalue weighted by Gasteiger charge is 2.69. The largest absolute Gasteiger partial charge is 0.381 e. The summed E-state index contributed by atoms with van der Waals surface area (Å²) >= 11 is 0. The summed E-state index contributed by atoms with van der Waals surface area (Å²) in [4.78, 5) is 0. The molecule has 0 bridgehead atoms. The molecule has 0 amide bonds. The summed E-state index contributed by atoms with van der Waals surface area (Å²) in [5.74, 6) is 3.61. The van der Waals surface area contributed by atoms with E-state index in [4.69, 9.17) is 4.74 Å². The lowest BCUT2D eigenvalue weighted by molar-refractivity contribution is -0.254. The number of fused-ring (bicyclic) bond motifs is 7. The first-order chi connectivity index (χ1) is 14.7. The smallest absolute Gasteiger partial charge is 0.0625 e. The van der Waals surface area contributed by atoms with Crippen LogP contribution in [0.15, 0.2) is 0 Å². The fourth-order valence-corrected chi connectivity index (χ4v) is 11.7. The van der Waals surface area contributed by atoms with Gasteiger partial charge in [0.15, 0.2) is 0 Å². The van der Waals surface area contributed by atoms with Crippen LogP contribution in [0.1, 0.15) is 126 Å². The van der Waals surface area contributed by atoms with E-state index in [1.807, 2.05) is 7.11 Å². The van der Waals surface area contributed by atoms with E-state index < -0.39 is 0 Å². The molecule has 0 aromatic carbocycles. The number of hydrogen-bond donors (Lipinski definition) is 0. The van der Waals surface area contributed by atoms with Crippen LogP contribution in [-0.4, -0.2) is 13.2 Å². The molecule has 0 heterocycles. The summed E-state index contributed by atoms with van der Waals surface area (Å²) in [5, 5.41) is 0. The molecule has 32 heavy (non-hydrogen) atoms. The Hall–Kier alpha value is -0.0400. The highest BCUT2D eigenvalue weighted by molar-refractivity contribution is 5.18. The Morgan fingerprint density at radius 1 is 0.594 bits per heavy atom. The van der Waals surface area contributed by atoms with Crippen molar-refractivity contribution in [2.24, 2.45) is 56.2 Å². The van der Waals surface area contributed by atoms with Crippen LogP contribution in [0.5, 0.6) is 0 Å². The van der Waals surface area contributed by atoms with Crippen LogP contribution in [0, 0.1) is 56.2 Å². The molecule has 9 atom stereocenters. The van der Waals surface area contributed by atoms with Crippen LogP contribution in [-0.2, 0) is 4.74 Å². The highest BCUT2D eigenvalue weighted by Crippen LogP contribution is 2.77. The maximum absolute atomic E-state index is 6.06. The average Bonchev–Trinajstić information content (AvgIpc) is 2.69. The minimum atomic E-state index is 0.305. The highest BCUT2D eigenvalue weighted by atomic mass is 16.5. The van der Waals surface area contributed by atoms with Crippen LogP contribution in [0.25, 0.3) is 0 Å². The summed E-state index contributed by atoms with van der Waals surface area (Å²) in [7, 11) is 1.96. The average molecular weight is 443 g/mol. The third-order valence-electron chi connectivity index (χ3n) is 13.9. The molecule has 184 valence electrons. The lowest BCUT2D eigenvalue weighted by Gasteiger charge is -2.73. The van der Waals surface area contributed by atoms with Crippen LogP contribution in [0.4, 0.5) is 0 Å². The van der Waals surface area contributed by atoms with Crippen molar-refractivity contribution in [3.8, 4) is 0 Å². The number of hydrogen-bond acceptors (Lipinski definition) is 1. The van der Waals surface area contributed by atoms with Crippen LogP contribution >= 0.6 is 0 Å². The molecule has 1 nitrogen and oxygen atoms in total. The third kappa shape index (κ3) is 2.91. The standard InChI is InChI=1S/C31H54O/c1-26(2)16-17-28(5)18-19-30(7)21(22(28)20-26)10-11-24-29(6)14-13-25(32-9)27(3,4)23(29)12-15-31(24,30)8/h21-25H,10-20H2,1-9H3/t21-,22?,23?,24-,25+,28-,29+,30-,31-/m1/s1. The van der Waals surface area contributed by atoms with Crippen molar-refractivity contribution in [1.82, 2.24) is 0 Å². The predicted octanol–water partition coefficient (Wildman–Crippen LogP) is 8.90. The van der Waals surface area contributed by atoms with Gasteiger partial charge in [-0.05, 0) is 127 Å². The molecule has 0 aliphatic heterocycles. The van der Waals surface area contributed by atoms with E-state index in [9.17, 15) is 0 Å². The van der Waals surface area contributed by atoms with E-state index in [0.717, 1.165) is 23.7 Å². The Morgan fingerprint density at radius 2 is 1.28 bits per heavy atom. The topological polar surface area (TPSA) is 9.23 Å². The molecule has 5 aliphatic rings. The molecule has 0 radical (unpaired) electrons. The number of ether oxygens (including phenoxy) is 1. The molecule has 5 rings (SSSR count). The lowest BCUT2D eigenvalue weighted by atomic mass is 9.31. The molecule has 0 saturated heterocycles. The molecule has 0 spiro atoms. The van der Waals surface area contributed by atoms with Gasteiger partial charge in [-0.1, -0.05) is 55.4 Å². The number of methoxy groups -OCH3 is 1. The van der Waals surface area contributed by atoms with Crippen LogP contribution in [0.2, 0.25) is 0 Å². The monoisotopic (exact) mass is 442 g/mol. The first-order valence-corrected chi connectivity index (χ1v) is 14.3. The van der Waals surface area contributed by atoms with Crippen molar-refractivity contribution in [2.75, 3.05) is 7.11 Å². The van der Waals surface area contributed by atoms with E-state index in [2.05, 4.69) is 55.4 Å². The van der Waals surface area contributed by atoms with Gasteiger partial charge in [0.05, 0.1) is 6.10 Å². The normalized spacial score (nSPS) is 56.3. The lowest BCUT2D eigenvalue weighted by Crippen LogP contribution is -2.67. The predicted molar refractivity (Wildman–Crippen MR) is 136 cm³/mol. The molecule has 0 aromatic rings. The molecular weight excluding hydrogens is 388 g/mol. The molecule has 2 unspecified atom stereocenters. The minimum Gasteiger partial charge on any atom is -0.381 e. The van der Waals surface area contributed by atoms with Gasteiger partial charge in [-0.25, -0.2) is 0 Å². The van der Waals surface area contributed by atoms with Crippen molar-refractivity contribution < 1.29 is 4.74 Å². The fraction of sp³-hybridized carbons (Fsp3) is 1.00. The van der Waals surface area contributed by atoms with Gasteiger partial charge in [-0.15, -0.1) is 0 Å². The van der Waals surface area contributed by atoms with Crippen molar-refractivity contribution in [2.45, 2.75) is 132 Å². The molecule has 0 N–H and O–H groups in total. The second-order valence-electron chi connectivity index (χ2n) is 15.9. The molecule has 0 aromatic heterocycles. The molecule has 5 saturated carbocycles. The van der Waals surface area contributed by atoms with E-state index in [-0.39, 0.29) is 0 Å². The molecule has 1 heteroatoms. The first-order valence-electron chi connectivity index (χ1n) is 14.3. The zero-order valence-electron chi connectivity index (χ0n) is 23.1. The zero-order chi connectivity index (χ0) is 23.4. The second kappa shape index (κ2) is 7.01. The Morgan fingerprint density at radius 3 is 1.97 bits per heavy atom. The van der Waals surface area contributed by atoms with Crippen LogP contribution < -0.4 is 0 Å². The van der Waals surface area contributed by atoms with Crippen molar-refractivity contribution in [3.05, 3.63) is 0 Å². The van der Waals surface area contributed by atoms with E-state index in [1.54, 1.807) is 0 Å². The van der Waals surface area contributed by atoms with Crippen LogP contribution in [0.3, 0.4) is 0 Å². The first kappa shape index (κ1) is 23.7. The van der Waals surface area contributed by atoms with Gasteiger partial charge in [0.1, 0.15) is 0 Å². The second-order valence-corrected chi connectivity index (χ2v) is 15.9. The van der Waals surface area contributed by atoms with Crippen molar-refractivity contribution >= 4 is 0 Å². The Bertz CT molecular complexity index is 752. The van der Waals surface area contributed by atoms with E-state index >= 15 is 0 Å². The van der Waals surface area contributed by atoms with Crippen molar-refractivity contribution in [1.29, 1.82) is 0 Å². The maximum atomic E-state index is 6.06. The summed E-state index contributed by atoms with van der Waals surface area (Å²) in [6.45, 7) is 21.2. The van der Waals surface area contributed by atoms with Gasteiger partial charge >= 0.3 is 0 Å². The van der Waals surface area contributed by atoms with E-state index in [1.165, 1.54) is 70.6 Å². The van der Waals surface area contributed by atoms with Gasteiger partial charge < -0.3 is 4.74 Å². The summed E-state index contributed by atoms with van der Waals surface area (Å²) < 4.78 is 6.06. The SMILES string of the molecule is CO[C@H]1CC[C@@]2(C)C(CC[C@]3(C)[C@@H]2CC[C@@H]2C4CC(C)(C)CC[C@]4(C)CC[C@]23C)C1(C)C. The Labute approximate surface area is 200 Å². The quantitative estimate of drug-likeness (QED) is 0.394. The van der Waals surface area contributed by atoms with Gasteiger partial charge in [-0.2, -0.15) is 0 Å². The zero-order valence-corrected chi connectivity index (χ0v) is 23.1. The molecule has 5 aliphatic carbocycles. The molecule has 5 fully saturated rings. The summed E-state index contributed by atoms with van der Waals surface area (Å²) in [5.41, 5.74) is 3.00. The molecular formula is C31H54O. The number of rotatable bonds is 1. The Kier molecular flexibility index (Phi) is 5.19. The van der Waals surface area contributed by atoms with Gasteiger partial charge in [-0.3, -0.25) is 0 Å².